The van der Waals surface area contributed by atoms with Crippen LogP contribution in [-0.2, 0) is 0 Å². The van der Waals surface area contributed by atoms with Gasteiger partial charge in [0.25, 0.3) is 0 Å². The van der Waals surface area contributed by atoms with Crippen LogP contribution in [0.15, 0.2) is 0 Å². The molecule has 0 aliphatic heterocycles. The van der Waals surface area contributed by atoms with Crippen molar-refractivity contribution < 1.29 is 10.2 Å². The Kier molecular flexibility index (Phi) is 4.90. The summed E-state index contributed by atoms with van der Waals surface area (Å²) < 4.78 is 0. The molecule has 0 unspecified atom stereocenters. The van der Waals surface area contributed by atoms with Gasteiger partial charge in [-0.15, -0.1) is 0 Å². The molecule has 3 atom stereocenters. The number of hydrogen-bond donors (Lipinski definition) is 2. The summed E-state index contributed by atoms with van der Waals surface area (Å²) in [7, 11) is 0. The molecule has 84 valence electrons. The zero-order valence-electron chi connectivity index (χ0n) is 9.45. The van der Waals surface area contributed by atoms with Crippen molar-refractivity contribution in [3.8, 4) is 0 Å². The monoisotopic (exact) mass is 200 g/mol. The Labute approximate surface area is 87.3 Å². The van der Waals surface area contributed by atoms with Crippen molar-refractivity contribution >= 4 is 0 Å². The van der Waals surface area contributed by atoms with Crippen LogP contribution in [0.4, 0.5) is 0 Å². The van der Waals surface area contributed by atoms with Crippen molar-refractivity contribution in [1.29, 1.82) is 0 Å². The van der Waals surface area contributed by atoms with Crippen LogP contribution in [0, 0.1) is 11.8 Å². The molecule has 2 N–H and O–H groups in total. The second-order valence-corrected chi connectivity index (χ2v) is 4.58. The second kappa shape index (κ2) is 5.72. The Bertz CT molecular complexity index is 154. The highest BCUT2D eigenvalue weighted by Gasteiger charge is 2.32. The van der Waals surface area contributed by atoms with Gasteiger partial charge in [0.05, 0.1) is 12.2 Å². The average molecular weight is 200 g/mol. The SMILES string of the molecule is CCC(CC)[C@H](O)[C@H]1CCCC[C@H]1O. The first kappa shape index (κ1) is 12.0. The van der Waals surface area contributed by atoms with Crippen LogP contribution in [0.2, 0.25) is 0 Å². The third-order valence-corrected chi connectivity index (χ3v) is 3.75. The fraction of sp³-hybridized carbons (Fsp3) is 1.00. The molecule has 2 heteroatoms. The van der Waals surface area contributed by atoms with Gasteiger partial charge < -0.3 is 10.2 Å². The Morgan fingerprint density at radius 2 is 1.71 bits per heavy atom. The lowest BCUT2D eigenvalue weighted by atomic mass is 9.77. The van der Waals surface area contributed by atoms with Gasteiger partial charge in [0.1, 0.15) is 0 Å². The number of aliphatic hydroxyl groups is 2. The molecule has 0 amide bonds. The molecule has 0 aromatic carbocycles. The van der Waals surface area contributed by atoms with E-state index >= 15 is 0 Å². The summed E-state index contributed by atoms with van der Waals surface area (Å²) in [5.74, 6) is 0.501. The molecule has 1 aliphatic carbocycles. The highest BCUT2D eigenvalue weighted by Crippen LogP contribution is 2.31. The maximum Gasteiger partial charge on any atom is 0.0620 e. The summed E-state index contributed by atoms with van der Waals surface area (Å²) in [4.78, 5) is 0. The lowest BCUT2D eigenvalue weighted by Crippen LogP contribution is -2.38. The van der Waals surface area contributed by atoms with Crippen molar-refractivity contribution in [2.75, 3.05) is 0 Å². The summed E-state index contributed by atoms with van der Waals surface area (Å²) in [6, 6.07) is 0. The van der Waals surface area contributed by atoms with E-state index in [-0.39, 0.29) is 18.1 Å². The van der Waals surface area contributed by atoms with Crippen molar-refractivity contribution in [1.82, 2.24) is 0 Å². The van der Waals surface area contributed by atoms with Crippen molar-refractivity contribution in [3.63, 3.8) is 0 Å². The maximum absolute atomic E-state index is 10.1. The van der Waals surface area contributed by atoms with Gasteiger partial charge in [-0.1, -0.05) is 39.5 Å². The molecule has 1 aliphatic rings. The first-order valence-electron chi connectivity index (χ1n) is 6.06. The molecule has 1 fully saturated rings. The van der Waals surface area contributed by atoms with Crippen LogP contribution in [-0.4, -0.2) is 22.4 Å². The molecule has 0 radical (unpaired) electrons. The lowest BCUT2D eigenvalue weighted by molar-refractivity contribution is -0.0404. The molecule has 0 aromatic rings. The molecule has 0 saturated heterocycles. The fourth-order valence-electron chi connectivity index (χ4n) is 2.66. The Hall–Kier alpha value is -0.0800. The molecule has 0 spiro atoms. The minimum absolute atomic E-state index is 0.133. The molecule has 2 nitrogen and oxygen atoms in total. The van der Waals surface area contributed by atoms with Gasteiger partial charge in [-0.3, -0.25) is 0 Å². The predicted molar refractivity (Wildman–Crippen MR) is 58.0 cm³/mol. The van der Waals surface area contributed by atoms with Crippen LogP contribution in [0.5, 0.6) is 0 Å². The lowest BCUT2D eigenvalue weighted by Gasteiger charge is -2.35. The van der Waals surface area contributed by atoms with Crippen LogP contribution >= 0.6 is 0 Å². The summed E-state index contributed by atoms with van der Waals surface area (Å²) >= 11 is 0. The minimum Gasteiger partial charge on any atom is -0.393 e. The predicted octanol–water partition coefficient (Wildman–Crippen LogP) is 2.33. The van der Waals surface area contributed by atoms with E-state index in [1.165, 1.54) is 6.42 Å². The Morgan fingerprint density at radius 3 is 2.21 bits per heavy atom. The van der Waals surface area contributed by atoms with Gasteiger partial charge in [0.15, 0.2) is 0 Å². The first-order chi connectivity index (χ1) is 6.70. The number of aliphatic hydroxyl groups excluding tert-OH is 2. The number of hydrogen-bond acceptors (Lipinski definition) is 2. The Morgan fingerprint density at radius 1 is 1.14 bits per heavy atom. The first-order valence-corrected chi connectivity index (χ1v) is 6.06. The molecule has 1 saturated carbocycles. The van der Waals surface area contributed by atoms with Crippen LogP contribution in [0.25, 0.3) is 0 Å². The Balaban J connectivity index is 2.52. The van der Waals surface area contributed by atoms with Crippen molar-refractivity contribution in [3.05, 3.63) is 0 Å². The summed E-state index contributed by atoms with van der Waals surface area (Å²) in [5, 5.41) is 20.0. The van der Waals surface area contributed by atoms with E-state index in [2.05, 4.69) is 13.8 Å². The van der Waals surface area contributed by atoms with Gasteiger partial charge >= 0.3 is 0 Å². The summed E-state index contributed by atoms with van der Waals surface area (Å²) in [5.41, 5.74) is 0. The van der Waals surface area contributed by atoms with Crippen molar-refractivity contribution in [2.45, 2.75) is 64.6 Å². The average Bonchev–Trinajstić information content (AvgIpc) is 2.20. The van der Waals surface area contributed by atoms with Gasteiger partial charge in [-0.25, -0.2) is 0 Å². The van der Waals surface area contributed by atoms with Crippen LogP contribution in [0.3, 0.4) is 0 Å². The molecule has 0 heterocycles. The van der Waals surface area contributed by atoms with E-state index < -0.39 is 0 Å². The van der Waals surface area contributed by atoms with E-state index in [9.17, 15) is 10.2 Å². The molecular weight excluding hydrogens is 176 g/mol. The molecule has 14 heavy (non-hydrogen) atoms. The van der Waals surface area contributed by atoms with Gasteiger partial charge in [-0.05, 0) is 18.8 Å². The molecule has 1 rings (SSSR count). The van der Waals surface area contributed by atoms with E-state index in [1.807, 2.05) is 0 Å². The fourth-order valence-corrected chi connectivity index (χ4v) is 2.66. The molecule has 0 aromatic heterocycles. The third kappa shape index (κ3) is 2.71. The summed E-state index contributed by atoms with van der Waals surface area (Å²) in [6.45, 7) is 4.24. The van der Waals surface area contributed by atoms with Crippen LogP contribution < -0.4 is 0 Å². The normalized spacial score (nSPS) is 30.6. The smallest absolute Gasteiger partial charge is 0.0620 e. The van der Waals surface area contributed by atoms with Crippen LogP contribution in [0.1, 0.15) is 52.4 Å². The maximum atomic E-state index is 10.1. The minimum atomic E-state index is -0.291. The molecular formula is C12H24O2. The highest BCUT2D eigenvalue weighted by atomic mass is 16.3. The summed E-state index contributed by atoms with van der Waals surface area (Å²) in [6.07, 6.45) is 5.63. The second-order valence-electron chi connectivity index (χ2n) is 4.58. The quantitative estimate of drug-likeness (QED) is 0.731. The van der Waals surface area contributed by atoms with E-state index in [0.29, 0.717) is 5.92 Å². The topological polar surface area (TPSA) is 40.5 Å². The van der Waals surface area contributed by atoms with E-state index in [1.54, 1.807) is 0 Å². The van der Waals surface area contributed by atoms with Gasteiger partial charge in [0, 0.05) is 5.92 Å². The zero-order valence-corrected chi connectivity index (χ0v) is 9.45. The van der Waals surface area contributed by atoms with E-state index in [4.69, 9.17) is 0 Å². The third-order valence-electron chi connectivity index (χ3n) is 3.75. The van der Waals surface area contributed by atoms with Gasteiger partial charge in [-0.2, -0.15) is 0 Å². The highest BCUT2D eigenvalue weighted by molar-refractivity contribution is 4.83. The van der Waals surface area contributed by atoms with Gasteiger partial charge in [0.2, 0.25) is 0 Å². The number of rotatable bonds is 4. The molecule has 0 bridgehead atoms. The largest absolute Gasteiger partial charge is 0.393 e. The van der Waals surface area contributed by atoms with E-state index in [0.717, 1.165) is 32.1 Å². The zero-order chi connectivity index (χ0) is 10.6. The standard InChI is InChI=1S/C12H24O2/c1-3-9(4-2)12(14)10-7-5-6-8-11(10)13/h9-14H,3-8H2,1-2H3/t10-,11+,12-/m0/s1. The van der Waals surface area contributed by atoms with Crippen molar-refractivity contribution in [2.24, 2.45) is 11.8 Å².